The maximum absolute atomic E-state index is 5.91. The summed E-state index contributed by atoms with van der Waals surface area (Å²) in [6, 6.07) is 1.04. The van der Waals surface area contributed by atoms with Crippen LogP contribution in [0.1, 0.15) is 34.1 Å². The van der Waals surface area contributed by atoms with E-state index >= 15 is 0 Å². The predicted molar refractivity (Wildman–Crippen MR) is 122 cm³/mol. The zero-order chi connectivity index (χ0) is 20.8. The molecule has 6 nitrogen and oxygen atoms in total. The molecule has 0 fully saturated rings. The maximum atomic E-state index is 5.91. The Bertz CT molecular complexity index is 400. The predicted octanol–water partition coefficient (Wildman–Crippen LogP) is 2.32. The molecular formula is C18H44N2O4Si3. The molecule has 0 rings (SSSR count). The van der Waals surface area contributed by atoms with Gasteiger partial charge in [-0.3, -0.25) is 0 Å². The van der Waals surface area contributed by atoms with Crippen molar-refractivity contribution in [3.05, 3.63) is 11.0 Å². The van der Waals surface area contributed by atoms with Crippen LogP contribution in [0, 0.1) is 0 Å². The lowest BCUT2D eigenvalue weighted by Gasteiger charge is -2.29. The van der Waals surface area contributed by atoms with Crippen molar-refractivity contribution >= 4 is 26.6 Å². The van der Waals surface area contributed by atoms with Gasteiger partial charge in [-0.15, -0.1) is 0 Å². The molecule has 0 spiro atoms. The van der Waals surface area contributed by atoms with Crippen LogP contribution in [0.15, 0.2) is 11.0 Å². The van der Waals surface area contributed by atoms with E-state index < -0.39 is 26.6 Å². The molecule has 0 saturated heterocycles. The fourth-order valence-electron chi connectivity index (χ4n) is 3.06. The SMILES string of the molecule is CCO[Si](C)(CCCNC[SiH2]C(=CN(CC)CC)[Si](C)(OC)OC)OCC. The lowest BCUT2D eigenvalue weighted by atomic mass is 10.5. The van der Waals surface area contributed by atoms with Crippen LogP contribution in [0.5, 0.6) is 0 Å². The van der Waals surface area contributed by atoms with Crippen LogP contribution >= 0.6 is 0 Å². The molecule has 0 atom stereocenters. The molecule has 0 aromatic carbocycles. The average molecular weight is 437 g/mol. The zero-order valence-electron chi connectivity index (χ0n) is 19.0. The van der Waals surface area contributed by atoms with Gasteiger partial charge in [0.15, 0.2) is 0 Å². The Morgan fingerprint density at radius 3 is 2.00 bits per heavy atom. The molecule has 1 N–H and O–H groups in total. The first-order valence-electron chi connectivity index (χ1n) is 10.4. The van der Waals surface area contributed by atoms with Crippen molar-refractivity contribution in [1.82, 2.24) is 10.2 Å². The Balaban J connectivity index is 4.57. The standard InChI is InChI=1S/C18H44N2O4Si3/c1-9-20(10-2)16-18(27(8,21-5)22-6)25-17-19-14-13-15-26(7,23-11-3)24-12-4/h16,19H,9-15,17,25H2,1-8H3. The summed E-state index contributed by atoms with van der Waals surface area (Å²) < 4.78 is 23.5. The highest BCUT2D eigenvalue weighted by Gasteiger charge is 2.34. The van der Waals surface area contributed by atoms with Crippen LogP contribution < -0.4 is 5.32 Å². The molecule has 0 aliphatic rings. The first kappa shape index (κ1) is 27.0. The van der Waals surface area contributed by atoms with E-state index in [1.54, 1.807) is 14.2 Å². The first-order valence-corrected chi connectivity index (χ1v) is 16.9. The first-order chi connectivity index (χ1) is 12.8. The Morgan fingerprint density at radius 1 is 1.00 bits per heavy atom. The molecule has 0 aliphatic heterocycles. The third-order valence-corrected chi connectivity index (χ3v) is 14.9. The second-order valence-corrected chi connectivity index (χ2v) is 16.0. The van der Waals surface area contributed by atoms with Gasteiger partial charge in [-0.2, -0.15) is 0 Å². The van der Waals surface area contributed by atoms with E-state index in [4.69, 9.17) is 17.7 Å². The quantitative estimate of drug-likeness (QED) is 0.279. The van der Waals surface area contributed by atoms with Crippen LogP contribution in [0.2, 0.25) is 19.1 Å². The van der Waals surface area contributed by atoms with E-state index in [0.717, 1.165) is 51.5 Å². The van der Waals surface area contributed by atoms with E-state index in [1.807, 2.05) is 13.8 Å². The van der Waals surface area contributed by atoms with Crippen LogP contribution in [-0.4, -0.2) is 84.8 Å². The minimum atomic E-state index is -2.23. The van der Waals surface area contributed by atoms with Crippen molar-refractivity contribution in [3.8, 4) is 0 Å². The van der Waals surface area contributed by atoms with Gasteiger partial charge in [-0.05, 0) is 77.0 Å². The molecule has 0 aliphatic carbocycles. The molecule has 0 amide bonds. The minimum absolute atomic E-state index is 0.475. The molecule has 0 unspecified atom stereocenters. The Kier molecular flexibility index (Phi) is 14.9. The van der Waals surface area contributed by atoms with E-state index in [0.29, 0.717) is 0 Å². The monoisotopic (exact) mass is 436 g/mol. The molecule has 0 heterocycles. The molecule has 162 valence electrons. The lowest BCUT2D eigenvalue weighted by molar-refractivity contribution is 0.188. The van der Waals surface area contributed by atoms with Gasteiger partial charge in [0.25, 0.3) is 0 Å². The zero-order valence-corrected chi connectivity index (χ0v) is 22.4. The second kappa shape index (κ2) is 14.9. The Labute approximate surface area is 172 Å². The largest absolute Gasteiger partial charge is 0.395 e. The average Bonchev–Trinajstić information content (AvgIpc) is 2.66. The molecule has 9 heteroatoms. The number of hydrogen-bond donors (Lipinski definition) is 1. The Hall–Kier alpha value is -0.00935. The van der Waals surface area contributed by atoms with E-state index in [2.05, 4.69) is 43.4 Å². The lowest BCUT2D eigenvalue weighted by Crippen LogP contribution is -2.44. The van der Waals surface area contributed by atoms with Crippen LogP contribution in [0.25, 0.3) is 0 Å². The highest BCUT2D eigenvalue weighted by Crippen LogP contribution is 2.17. The van der Waals surface area contributed by atoms with Gasteiger partial charge in [0, 0.05) is 40.5 Å². The number of rotatable bonds is 17. The highest BCUT2D eigenvalue weighted by molar-refractivity contribution is 6.86. The molecule has 0 radical (unpaired) electrons. The van der Waals surface area contributed by atoms with Gasteiger partial charge >= 0.3 is 17.1 Å². The molecule has 0 aromatic rings. The van der Waals surface area contributed by atoms with Crippen molar-refractivity contribution in [2.45, 2.75) is 53.3 Å². The van der Waals surface area contributed by atoms with Crippen LogP contribution in [0.3, 0.4) is 0 Å². The normalized spacial score (nSPS) is 13.7. The van der Waals surface area contributed by atoms with E-state index in [-0.39, 0.29) is 0 Å². The van der Waals surface area contributed by atoms with Crippen molar-refractivity contribution in [1.29, 1.82) is 0 Å². The van der Waals surface area contributed by atoms with Crippen LogP contribution in [0.4, 0.5) is 0 Å². The molecule has 0 saturated carbocycles. The van der Waals surface area contributed by atoms with Crippen LogP contribution in [-0.2, 0) is 17.7 Å². The van der Waals surface area contributed by atoms with Gasteiger partial charge in [-0.25, -0.2) is 0 Å². The van der Waals surface area contributed by atoms with Gasteiger partial charge in [0.05, 0.1) is 9.52 Å². The van der Waals surface area contributed by atoms with E-state index in [1.165, 1.54) is 4.82 Å². The summed E-state index contributed by atoms with van der Waals surface area (Å²) in [5.74, 6) is 0. The summed E-state index contributed by atoms with van der Waals surface area (Å²) in [7, 11) is -1.14. The summed E-state index contributed by atoms with van der Waals surface area (Å²) in [4.78, 5) is 3.76. The van der Waals surface area contributed by atoms with Crippen molar-refractivity contribution in [3.63, 3.8) is 0 Å². The highest BCUT2D eigenvalue weighted by atomic mass is 28.4. The second-order valence-electron chi connectivity index (χ2n) is 6.83. The fraction of sp³-hybridized carbons (Fsp3) is 0.889. The topological polar surface area (TPSA) is 52.2 Å². The Morgan fingerprint density at radius 2 is 1.56 bits per heavy atom. The summed E-state index contributed by atoms with van der Waals surface area (Å²) in [6.45, 7) is 17.3. The summed E-state index contributed by atoms with van der Waals surface area (Å²) in [5.41, 5.74) is 0. The van der Waals surface area contributed by atoms with Crippen molar-refractivity contribution in [2.24, 2.45) is 0 Å². The molecule has 0 bridgehead atoms. The third kappa shape index (κ3) is 10.4. The maximum Gasteiger partial charge on any atom is 0.361 e. The molecule has 0 aromatic heterocycles. The van der Waals surface area contributed by atoms with Gasteiger partial charge in [0.1, 0.15) is 0 Å². The van der Waals surface area contributed by atoms with Crippen molar-refractivity contribution < 1.29 is 17.7 Å². The summed E-state index contributed by atoms with van der Waals surface area (Å²) in [6.07, 6.45) is 4.46. The third-order valence-electron chi connectivity index (χ3n) is 4.97. The summed E-state index contributed by atoms with van der Waals surface area (Å²) >= 11 is 0. The minimum Gasteiger partial charge on any atom is -0.395 e. The molecular weight excluding hydrogens is 392 g/mol. The number of hydrogen-bond acceptors (Lipinski definition) is 6. The number of nitrogens with one attached hydrogen (secondary N) is 1. The van der Waals surface area contributed by atoms with Crippen molar-refractivity contribution in [2.75, 3.05) is 53.2 Å². The van der Waals surface area contributed by atoms with Gasteiger partial charge in [-0.1, -0.05) is 0 Å². The number of nitrogens with zero attached hydrogens (tertiary/aromatic N) is 1. The fourth-order valence-corrected chi connectivity index (χ4v) is 10.7. The van der Waals surface area contributed by atoms with Gasteiger partial charge < -0.3 is 27.9 Å². The van der Waals surface area contributed by atoms with E-state index in [9.17, 15) is 0 Å². The summed E-state index contributed by atoms with van der Waals surface area (Å²) in [5, 5.41) is 3.63. The molecule has 27 heavy (non-hydrogen) atoms. The van der Waals surface area contributed by atoms with Gasteiger partial charge in [0.2, 0.25) is 0 Å². The smallest absolute Gasteiger partial charge is 0.361 e.